The van der Waals surface area contributed by atoms with Crippen LogP contribution in [0.5, 0.6) is 0 Å². The Hall–Kier alpha value is -1.06. The van der Waals surface area contributed by atoms with Crippen LogP contribution in [0, 0.1) is 0 Å². The molecule has 1 atom stereocenters. The van der Waals surface area contributed by atoms with Gasteiger partial charge < -0.3 is 9.64 Å². The molecule has 0 aliphatic rings. The SMILES string of the molecule is CCCCCCC(=O)N(CCCC)CCC(=O)OC(C)CC. The van der Waals surface area contributed by atoms with E-state index in [-0.39, 0.29) is 18.0 Å². The van der Waals surface area contributed by atoms with E-state index in [9.17, 15) is 9.59 Å². The van der Waals surface area contributed by atoms with Crippen molar-refractivity contribution in [2.45, 2.75) is 91.6 Å². The van der Waals surface area contributed by atoms with Gasteiger partial charge in [-0.25, -0.2) is 0 Å². The Kier molecular flexibility index (Phi) is 12.9. The number of ether oxygens (including phenoxy) is 1. The summed E-state index contributed by atoms with van der Waals surface area (Å²) in [6.45, 7) is 9.40. The summed E-state index contributed by atoms with van der Waals surface area (Å²) < 4.78 is 5.27. The van der Waals surface area contributed by atoms with E-state index in [1.165, 1.54) is 12.8 Å². The van der Waals surface area contributed by atoms with Crippen molar-refractivity contribution in [3.63, 3.8) is 0 Å². The van der Waals surface area contributed by atoms with Crippen LogP contribution < -0.4 is 0 Å². The first-order chi connectivity index (χ1) is 10.5. The van der Waals surface area contributed by atoms with Crippen molar-refractivity contribution >= 4 is 11.9 Å². The van der Waals surface area contributed by atoms with Gasteiger partial charge in [0.25, 0.3) is 0 Å². The molecule has 0 spiro atoms. The van der Waals surface area contributed by atoms with Crippen molar-refractivity contribution in [1.82, 2.24) is 4.90 Å². The molecular weight excluding hydrogens is 278 g/mol. The number of hydrogen-bond acceptors (Lipinski definition) is 3. The van der Waals surface area contributed by atoms with E-state index in [0.717, 1.165) is 38.6 Å². The molecule has 0 aliphatic carbocycles. The smallest absolute Gasteiger partial charge is 0.307 e. The standard InChI is InChI=1S/C18H35NO3/c1-5-8-10-11-12-17(20)19(14-9-6-2)15-13-18(21)22-16(4)7-3/h16H,5-15H2,1-4H3. The van der Waals surface area contributed by atoms with E-state index >= 15 is 0 Å². The summed E-state index contributed by atoms with van der Waals surface area (Å²) in [5.74, 6) is -0.0180. The highest BCUT2D eigenvalue weighted by Crippen LogP contribution is 2.08. The second-order valence-corrected chi connectivity index (χ2v) is 6.00. The van der Waals surface area contributed by atoms with Crippen LogP contribution in [-0.2, 0) is 14.3 Å². The van der Waals surface area contributed by atoms with Crippen molar-refractivity contribution in [3.8, 4) is 0 Å². The Morgan fingerprint density at radius 3 is 2.18 bits per heavy atom. The second kappa shape index (κ2) is 13.6. The van der Waals surface area contributed by atoms with Gasteiger partial charge in [0.1, 0.15) is 0 Å². The molecule has 1 amide bonds. The first-order valence-corrected chi connectivity index (χ1v) is 9.02. The molecule has 0 saturated heterocycles. The van der Waals surface area contributed by atoms with E-state index in [1.807, 2.05) is 18.7 Å². The van der Waals surface area contributed by atoms with Gasteiger partial charge in [0.05, 0.1) is 12.5 Å². The molecule has 0 aliphatic heterocycles. The summed E-state index contributed by atoms with van der Waals surface area (Å²) in [5.41, 5.74) is 0. The van der Waals surface area contributed by atoms with Crippen LogP contribution in [0.25, 0.3) is 0 Å². The van der Waals surface area contributed by atoms with Gasteiger partial charge in [-0.15, -0.1) is 0 Å². The lowest BCUT2D eigenvalue weighted by molar-refractivity contribution is -0.149. The normalized spacial score (nSPS) is 12.0. The minimum absolute atomic E-state index is 0.0404. The summed E-state index contributed by atoms with van der Waals surface area (Å²) in [5, 5.41) is 0. The van der Waals surface area contributed by atoms with Gasteiger partial charge in [-0.1, -0.05) is 46.5 Å². The maximum atomic E-state index is 12.3. The fourth-order valence-electron chi connectivity index (χ4n) is 2.16. The molecule has 0 aromatic rings. The highest BCUT2D eigenvalue weighted by Gasteiger charge is 2.15. The van der Waals surface area contributed by atoms with Gasteiger partial charge in [-0.05, 0) is 26.2 Å². The number of carbonyl (C=O) groups excluding carboxylic acids is 2. The van der Waals surface area contributed by atoms with Gasteiger partial charge in [0.2, 0.25) is 5.91 Å². The molecule has 4 nitrogen and oxygen atoms in total. The van der Waals surface area contributed by atoms with E-state index < -0.39 is 0 Å². The average molecular weight is 313 g/mol. The highest BCUT2D eigenvalue weighted by atomic mass is 16.5. The van der Waals surface area contributed by atoms with Crippen LogP contribution in [0.4, 0.5) is 0 Å². The zero-order valence-corrected chi connectivity index (χ0v) is 15.0. The van der Waals surface area contributed by atoms with Crippen molar-refractivity contribution in [2.75, 3.05) is 13.1 Å². The first-order valence-electron chi connectivity index (χ1n) is 9.02. The largest absolute Gasteiger partial charge is 0.463 e. The summed E-state index contributed by atoms with van der Waals surface area (Å²) >= 11 is 0. The van der Waals surface area contributed by atoms with Crippen molar-refractivity contribution in [1.29, 1.82) is 0 Å². The highest BCUT2D eigenvalue weighted by molar-refractivity contribution is 5.77. The van der Waals surface area contributed by atoms with Crippen LogP contribution >= 0.6 is 0 Å². The molecule has 0 saturated carbocycles. The van der Waals surface area contributed by atoms with E-state index in [0.29, 0.717) is 19.4 Å². The number of hydrogen-bond donors (Lipinski definition) is 0. The molecule has 0 heterocycles. The molecule has 0 bridgehead atoms. The molecule has 1 unspecified atom stereocenters. The number of carbonyl (C=O) groups is 2. The summed E-state index contributed by atoms with van der Waals surface area (Å²) in [4.78, 5) is 25.9. The van der Waals surface area contributed by atoms with Gasteiger partial charge in [-0.2, -0.15) is 0 Å². The summed E-state index contributed by atoms with van der Waals surface area (Å²) in [6.07, 6.45) is 8.14. The quantitative estimate of drug-likeness (QED) is 0.376. The van der Waals surface area contributed by atoms with Crippen LogP contribution in [0.3, 0.4) is 0 Å². The third kappa shape index (κ3) is 10.6. The number of nitrogens with zero attached hydrogens (tertiary/aromatic N) is 1. The molecule has 4 heteroatoms. The minimum Gasteiger partial charge on any atom is -0.463 e. The Bertz CT molecular complexity index is 305. The maximum absolute atomic E-state index is 12.3. The third-order valence-electron chi connectivity index (χ3n) is 3.87. The molecule has 0 rings (SSSR count). The Labute approximate surface area is 136 Å². The lowest BCUT2D eigenvalue weighted by Crippen LogP contribution is -2.34. The molecule has 0 aromatic carbocycles. The average Bonchev–Trinajstić information content (AvgIpc) is 2.51. The van der Waals surface area contributed by atoms with E-state index in [4.69, 9.17) is 4.74 Å². The molecule has 22 heavy (non-hydrogen) atoms. The lowest BCUT2D eigenvalue weighted by Gasteiger charge is -2.22. The number of unbranched alkanes of at least 4 members (excludes halogenated alkanes) is 4. The van der Waals surface area contributed by atoms with Gasteiger partial charge in [-0.3, -0.25) is 9.59 Å². The van der Waals surface area contributed by atoms with Gasteiger partial charge in [0.15, 0.2) is 0 Å². The predicted molar refractivity (Wildman–Crippen MR) is 90.7 cm³/mol. The Morgan fingerprint density at radius 2 is 1.59 bits per heavy atom. The fraction of sp³-hybridized carbons (Fsp3) is 0.889. The van der Waals surface area contributed by atoms with E-state index in [1.54, 1.807) is 0 Å². The van der Waals surface area contributed by atoms with Crippen molar-refractivity contribution in [3.05, 3.63) is 0 Å². The molecule has 130 valence electrons. The predicted octanol–water partition coefficient (Wildman–Crippen LogP) is 4.32. The third-order valence-corrected chi connectivity index (χ3v) is 3.87. The zero-order valence-electron chi connectivity index (χ0n) is 15.0. The topological polar surface area (TPSA) is 46.6 Å². The number of esters is 1. The first kappa shape index (κ1) is 20.9. The second-order valence-electron chi connectivity index (χ2n) is 6.00. The van der Waals surface area contributed by atoms with Crippen LogP contribution in [0.2, 0.25) is 0 Å². The maximum Gasteiger partial charge on any atom is 0.307 e. The van der Waals surface area contributed by atoms with Crippen molar-refractivity contribution < 1.29 is 14.3 Å². The molecule has 0 fully saturated rings. The van der Waals surface area contributed by atoms with Gasteiger partial charge >= 0.3 is 5.97 Å². The number of amides is 1. The lowest BCUT2D eigenvalue weighted by atomic mass is 10.1. The van der Waals surface area contributed by atoms with E-state index in [2.05, 4.69) is 13.8 Å². The summed E-state index contributed by atoms with van der Waals surface area (Å²) in [7, 11) is 0. The Balaban J connectivity index is 4.20. The zero-order chi connectivity index (χ0) is 16.8. The monoisotopic (exact) mass is 313 g/mol. The van der Waals surface area contributed by atoms with Gasteiger partial charge in [0, 0.05) is 19.5 Å². The minimum atomic E-state index is -0.199. The molecule has 0 N–H and O–H groups in total. The van der Waals surface area contributed by atoms with Crippen LogP contribution in [0.15, 0.2) is 0 Å². The van der Waals surface area contributed by atoms with Crippen molar-refractivity contribution in [2.24, 2.45) is 0 Å². The molecular formula is C18H35NO3. The Morgan fingerprint density at radius 1 is 0.909 bits per heavy atom. The molecule has 0 radical (unpaired) electrons. The fourth-order valence-corrected chi connectivity index (χ4v) is 2.16. The van der Waals surface area contributed by atoms with Crippen LogP contribution in [0.1, 0.15) is 85.5 Å². The van der Waals surface area contributed by atoms with Crippen LogP contribution in [-0.4, -0.2) is 36.0 Å². The molecule has 0 aromatic heterocycles. The summed E-state index contributed by atoms with van der Waals surface area (Å²) in [6, 6.07) is 0. The number of rotatable bonds is 13.